The predicted molar refractivity (Wildman–Crippen MR) is 106 cm³/mol. The minimum absolute atomic E-state index is 0.104. The molecule has 0 aliphatic carbocycles. The Morgan fingerprint density at radius 2 is 2.29 bits per heavy atom. The summed E-state index contributed by atoms with van der Waals surface area (Å²) < 4.78 is 10.0. The number of aliphatic hydroxyl groups is 1. The van der Waals surface area contributed by atoms with Crippen LogP contribution in [0.15, 0.2) is 32.5 Å². The molecule has 150 valence electrons. The highest BCUT2D eigenvalue weighted by molar-refractivity contribution is 7.18. The van der Waals surface area contributed by atoms with Crippen LogP contribution in [0.25, 0.3) is 0 Å². The van der Waals surface area contributed by atoms with Crippen LogP contribution in [0.3, 0.4) is 0 Å². The lowest BCUT2D eigenvalue weighted by molar-refractivity contribution is 0.0991. The molecule has 1 atom stereocenters. The monoisotopic (exact) mass is 408 g/mol. The Balaban J connectivity index is 2.24. The van der Waals surface area contributed by atoms with Gasteiger partial charge in [0.1, 0.15) is 0 Å². The first-order valence-electron chi connectivity index (χ1n) is 8.05. The van der Waals surface area contributed by atoms with Gasteiger partial charge in [0.2, 0.25) is 16.0 Å². The van der Waals surface area contributed by atoms with Gasteiger partial charge in [0, 0.05) is 17.8 Å². The van der Waals surface area contributed by atoms with Crippen molar-refractivity contribution >= 4 is 38.9 Å². The molecule has 28 heavy (non-hydrogen) atoms. The Hall–Kier alpha value is -3.25. The highest BCUT2D eigenvalue weighted by Gasteiger charge is 2.19. The summed E-state index contributed by atoms with van der Waals surface area (Å²) in [4.78, 5) is 28.7. The topological polar surface area (TPSA) is 165 Å². The number of hydrogen-bond acceptors (Lipinski definition) is 11. The second-order valence-electron chi connectivity index (χ2n) is 5.53. The van der Waals surface area contributed by atoms with E-state index in [4.69, 9.17) is 14.9 Å². The quantitative estimate of drug-likeness (QED) is 0.468. The summed E-state index contributed by atoms with van der Waals surface area (Å²) in [5, 5.41) is 22.7. The van der Waals surface area contributed by atoms with Crippen LogP contribution in [-0.4, -0.2) is 46.7 Å². The number of ether oxygens (including phenoxy) is 1. The summed E-state index contributed by atoms with van der Waals surface area (Å²) in [5.74, 6) is -1.07. The summed E-state index contributed by atoms with van der Waals surface area (Å²) in [6.07, 6.45) is 2.94. The lowest BCUT2D eigenvalue weighted by Gasteiger charge is -2.15. The van der Waals surface area contributed by atoms with Crippen molar-refractivity contribution in [3.8, 4) is 5.75 Å². The summed E-state index contributed by atoms with van der Waals surface area (Å²) in [6.45, 7) is 3.24. The molecular weight excluding hydrogens is 388 g/mol. The van der Waals surface area contributed by atoms with E-state index in [0.717, 1.165) is 11.3 Å². The van der Waals surface area contributed by atoms with Gasteiger partial charge < -0.3 is 25.3 Å². The summed E-state index contributed by atoms with van der Waals surface area (Å²) >= 11 is 1.03. The molecule has 11 nitrogen and oxygen atoms in total. The molecule has 2 aromatic heterocycles. The number of aromatic nitrogens is 2. The maximum absolute atomic E-state index is 12.4. The molecule has 0 unspecified atom stereocenters. The second kappa shape index (κ2) is 9.62. The fraction of sp³-hybridized carbons (Fsp3) is 0.312. The minimum Gasteiger partial charge on any atom is -0.488 e. The molecule has 2 heterocycles. The van der Waals surface area contributed by atoms with Gasteiger partial charge in [-0.25, -0.2) is 9.79 Å². The largest absolute Gasteiger partial charge is 0.488 e. The van der Waals surface area contributed by atoms with Crippen LogP contribution in [0.1, 0.15) is 24.4 Å². The molecule has 0 spiro atoms. The molecule has 1 amide bonds. The smallest absolute Gasteiger partial charge is 0.381 e. The Morgan fingerprint density at radius 3 is 2.93 bits per heavy atom. The molecule has 0 fully saturated rings. The van der Waals surface area contributed by atoms with E-state index in [1.165, 1.54) is 19.4 Å². The number of rotatable bonds is 8. The fourth-order valence-corrected chi connectivity index (χ4v) is 2.67. The number of methoxy groups -OCH3 is 1. The van der Waals surface area contributed by atoms with Gasteiger partial charge in [0.15, 0.2) is 5.76 Å². The third-order valence-corrected chi connectivity index (χ3v) is 3.99. The van der Waals surface area contributed by atoms with E-state index in [0.29, 0.717) is 10.8 Å². The number of nitrogens with one attached hydrogen (secondary N) is 2. The Labute approximate surface area is 164 Å². The van der Waals surface area contributed by atoms with Gasteiger partial charge in [0.25, 0.3) is 5.91 Å². The predicted octanol–water partition coefficient (Wildman–Crippen LogP) is 1.11. The Kier molecular flexibility index (Phi) is 7.23. The molecule has 2 rings (SSSR count). The molecule has 5 N–H and O–H groups in total. The number of aliphatic imine (C=N–C) groups is 1. The van der Waals surface area contributed by atoms with E-state index in [2.05, 4.69) is 25.8 Å². The van der Waals surface area contributed by atoms with Gasteiger partial charge in [0.05, 0.1) is 19.4 Å². The molecule has 0 aliphatic rings. The molecule has 0 saturated carbocycles. The molecule has 0 radical (unpaired) electrons. The number of anilines is 2. The van der Waals surface area contributed by atoms with Crippen LogP contribution in [0.5, 0.6) is 5.75 Å². The number of carbonyl (C=O) groups is 1. The van der Waals surface area contributed by atoms with E-state index >= 15 is 0 Å². The van der Waals surface area contributed by atoms with Gasteiger partial charge in [-0.2, -0.15) is 0 Å². The van der Waals surface area contributed by atoms with Crippen LogP contribution in [0, 0.1) is 0 Å². The first kappa shape index (κ1) is 21.1. The number of nitrogens with two attached hydrogens (primary N) is 1. The summed E-state index contributed by atoms with van der Waals surface area (Å²) in [6, 6.07) is 0.930. The third kappa shape index (κ3) is 5.37. The maximum Gasteiger partial charge on any atom is 0.381 e. The molecule has 12 heteroatoms. The van der Waals surface area contributed by atoms with Crippen LogP contribution in [0.2, 0.25) is 0 Å². The van der Waals surface area contributed by atoms with Crippen molar-refractivity contribution < 1.29 is 19.1 Å². The van der Waals surface area contributed by atoms with Crippen molar-refractivity contribution in [3.05, 3.63) is 34.5 Å². The van der Waals surface area contributed by atoms with Gasteiger partial charge in [-0.05, 0) is 26.1 Å². The summed E-state index contributed by atoms with van der Waals surface area (Å²) in [7, 11) is 1.30. The number of carbonyl (C=O) groups excluding carboxylic acids is 1. The van der Waals surface area contributed by atoms with Gasteiger partial charge in [-0.1, -0.05) is 11.3 Å². The zero-order chi connectivity index (χ0) is 20.7. The molecule has 0 aliphatic heterocycles. The van der Waals surface area contributed by atoms with Gasteiger partial charge in [-0.3, -0.25) is 10.1 Å². The lowest BCUT2D eigenvalue weighted by atomic mass is 10.2. The molecule has 2 aromatic rings. The maximum atomic E-state index is 12.4. The number of nitrogens with zero attached hydrogens (tertiary/aromatic N) is 3. The SMILES string of the molecule is COc1c(N[C@@H](C)CO)cc(C(=O)Nc2nnc(/N=C(C)/C=C\N)s2)oc1=O. The number of hydrogen-bond donors (Lipinski definition) is 4. The van der Waals surface area contributed by atoms with E-state index < -0.39 is 11.5 Å². The minimum atomic E-state index is -0.838. The van der Waals surface area contributed by atoms with E-state index in [1.54, 1.807) is 19.9 Å². The first-order chi connectivity index (χ1) is 13.4. The molecule has 0 aromatic carbocycles. The average molecular weight is 408 g/mol. The third-order valence-electron chi connectivity index (χ3n) is 3.26. The average Bonchev–Trinajstić information content (AvgIpc) is 3.08. The number of amides is 1. The Morgan fingerprint density at radius 1 is 1.54 bits per heavy atom. The van der Waals surface area contributed by atoms with Gasteiger partial charge in [-0.15, -0.1) is 10.2 Å². The normalized spacial score (nSPS) is 12.8. The number of allylic oxidation sites excluding steroid dienone is 1. The van der Waals surface area contributed by atoms with Crippen molar-refractivity contribution in [2.24, 2.45) is 10.7 Å². The molecule has 0 bridgehead atoms. The standard InChI is InChI=1S/C16H20N6O5S/c1-8(4-5-17)19-15-21-22-16(28-15)20-13(24)11-6-10(18-9(2)7-23)12(26-3)14(25)27-11/h4-6,9,18,23H,7,17H2,1-3H3,(H,20,22,24)/b5-4-,19-8+/t9-/m0/s1. The zero-order valence-electron chi connectivity index (χ0n) is 15.4. The van der Waals surface area contributed by atoms with Crippen molar-refractivity contribution in [2.75, 3.05) is 24.4 Å². The van der Waals surface area contributed by atoms with Crippen molar-refractivity contribution in [2.45, 2.75) is 19.9 Å². The highest BCUT2D eigenvalue weighted by Crippen LogP contribution is 2.25. The van der Waals surface area contributed by atoms with Crippen molar-refractivity contribution in [1.29, 1.82) is 0 Å². The second-order valence-corrected chi connectivity index (χ2v) is 6.49. The lowest BCUT2D eigenvalue weighted by Crippen LogP contribution is -2.23. The van der Waals surface area contributed by atoms with Crippen LogP contribution in [0.4, 0.5) is 16.0 Å². The fourth-order valence-electron chi connectivity index (χ4n) is 2.00. The first-order valence-corrected chi connectivity index (χ1v) is 8.87. The van der Waals surface area contributed by atoms with Crippen molar-refractivity contribution in [1.82, 2.24) is 10.2 Å². The van der Waals surface area contributed by atoms with E-state index in [9.17, 15) is 14.7 Å². The van der Waals surface area contributed by atoms with E-state index in [1.807, 2.05) is 0 Å². The summed E-state index contributed by atoms with van der Waals surface area (Å²) in [5.41, 5.74) is 5.29. The van der Waals surface area contributed by atoms with Crippen LogP contribution < -0.4 is 26.7 Å². The number of aliphatic hydroxyl groups excluding tert-OH is 1. The highest BCUT2D eigenvalue weighted by atomic mass is 32.1. The van der Waals surface area contributed by atoms with Crippen LogP contribution in [-0.2, 0) is 0 Å². The van der Waals surface area contributed by atoms with Crippen molar-refractivity contribution in [3.63, 3.8) is 0 Å². The van der Waals surface area contributed by atoms with Crippen LogP contribution >= 0.6 is 11.3 Å². The Bertz CT molecular complexity index is 951. The zero-order valence-corrected chi connectivity index (χ0v) is 16.2. The van der Waals surface area contributed by atoms with E-state index in [-0.39, 0.29) is 35.0 Å². The molecule has 0 saturated heterocycles. The molecular formula is C16H20N6O5S. The van der Waals surface area contributed by atoms with Gasteiger partial charge >= 0.3 is 5.63 Å².